The largest absolute Gasteiger partial charge is 0.497 e. The Morgan fingerprint density at radius 2 is 1.76 bits per heavy atom. The van der Waals surface area contributed by atoms with Crippen LogP contribution in [0.4, 0.5) is 0 Å². The summed E-state index contributed by atoms with van der Waals surface area (Å²) in [4.78, 5) is 47.7. The highest BCUT2D eigenvalue weighted by molar-refractivity contribution is 5.98. The number of rotatable bonds is 6. The minimum atomic E-state index is -0.978. The van der Waals surface area contributed by atoms with Crippen molar-refractivity contribution in [3.63, 3.8) is 0 Å². The number of methoxy groups -OCH3 is 1. The first-order valence-corrected chi connectivity index (χ1v) is 12.6. The Kier molecular flexibility index (Phi) is 7.37. The first-order chi connectivity index (χ1) is 18.5. The number of hydrogen-bond donors (Lipinski definition) is 1. The van der Waals surface area contributed by atoms with Gasteiger partial charge < -0.3 is 19.7 Å². The fourth-order valence-corrected chi connectivity index (χ4v) is 5.09. The van der Waals surface area contributed by atoms with E-state index in [-0.39, 0.29) is 24.3 Å². The van der Waals surface area contributed by atoms with E-state index in [4.69, 9.17) is 9.47 Å². The van der Waals surface area contributed by atoms with Gasteiger partial charge in [0.25, 0.3) is 11.8 Å². The monoisotopic (exact) mass is 514 g/mol. The fraction of sp³-hybridized carbons (Fsp3) is 0.310. The molecule has 3 aromatic rings. The lowest BCUT2D eigenvalue weighted by Gasteiger charge is -2.44. The van der Waals surface area contributed by atoms with Gasteiger partial charge in [0, 0.05) is 56.0 Å². The van der Waals surface area contributed by atoms with E-state index in [0.717, 1.165) is 5.56 Å². The van der Waals surface area contributed by atoms with Crippen molar-refractivity contribution in [2.75, 3.05) is 26.8 Å². The number of carbonyl (C=O) groups is 3. The topological polar surface area (TPSA) is 101 Å². The number of amides is 3. The summed E-state index contributed by atoms with van der Waals surface area (Å²) in [6, 6.07) is 18.8. The van der Waals surface area contributed by atoms with Crippen LogP contribution in [0.5, 0.6) is 5.75 Å². The summed E-state index contributed by atoms with van der Waals surface area (Å²) in [7, 11) is 1.56. The molecule has 2 aliphatic heterocycles. The predicted molar refractivity (Wildman–Crippen MR) is 139 cm³/mol. The van der Waals surface area contributed by atoms with Crippen molar-refractivity contribution in [1.29, 1.82) is 0 Å². The Hall–Kier alpha value is -4.24. The average molecular weight is 515 g/mol. The summed E-state index contributed by atoms with van der Waals surface area (Å²) < 4.78 is 11.5. The zero-order chi connectivity index (χ0) is 26.5. The molecule has 196 valence electrons. The molecule has 2 aliphatic rings. The van der Waals surface area contributed by atoms with Gasteiger partial charge >= 0.3 is 0 Å². The predicted octanol–water partition coefficient (Wildman–Crippen LogP) is 2.88. The van der Waals surface area contributed by atoms with Gasteiger partial charge in [-0.05, 0) is 42.0 Å². The van der Waals surface area contributed by atoms with Gasteiger partial charge in [0.1, 0.15) is 17.5 Å². The first kappa shape index (κ1) is 25.4. The van der Waals surface area contributed by atoms with Crippen LogP contribution in [0.2, 0.25) is 0 Å². The van der Waals surface area contributed by atoms with Crippen LogP contribution in [0.25, 0.3) is 0 Å². The number of piperidine rings is 1. The summed E-state index contributed by atoms with van der Waals surface area (Å²) in [5.41, 5.74) is 0.906. The van der Waals surface area contributed by atoms with Crippen LogP contribution in [-0.4, -0.2) is 71.1 Å². The molecule has 38 heavy (non-hydrogen) atoms. The van der Waals surface area contributed by atoms with E-state index in [9.17, 15) is 14.4 Å². The molecule has 2 fully saturated rings. The van der Waals surface area contributed by atoms with Gasteiger partial charge in [-0.3, -0.25) is 24.3 Å². The molecule has 0 bridgehead atoms. The Morgan fingerprint density at radius 1 is 1.00 bits per heavy atom. The summed E-state index contributed by atoms with van der Waals surface area (Å²) in [6.07, 6.45) is 4.15. The highest BCUT2D eigenvalue weighted by Crippen LogP contribution is 2.39. The van der Waals surface area contributed by atoms with Crippen LogP contribution in [0.15, 0.2) is 79.1 Å². The van der Waals surface area contributed by atoms with Gasteiger partial charge in [0.05, 0.1) is 13.7 Å². The summed E-state index contributed by atoms with van der Waals surface area (Å²) in [5, 5.41) is 2.93. The molecular formula is C29H30N4O5. The Balaban J connectivity index is 1.34. The Bertz CT molecular complexity index is 1290. The molecule has 3 heterocycles. The van der Waals surface area contributed by atoms with Crippen molar-refractivity contribution in [2.24, 2.45) is 0 Å². The molecule has 2 saturated heterocycles. The van der Waals surface area contributed by atoms with Crippen molar-refractivity contribution >= 4 is 17.7 Å². The summed E-state index contributed by atoms with van der Waals surface area (Å²) >= 11 is 0. The molecule has 5 rings (SSSR count). The molecule has 1 atom stereocenters. The van der Waals surface area contributed by atoms with Crippen LogP contribution in [-0.2, 0) is 16.1 Å². The summed E-state index contributed by atoms with van der Waals surface area (Å²) in [5.74, 6) is -0.0474. The maximum Gasteiger partial charge on any atom is 0.256 e. The van der Waals surface area contributed by atoms with Gasteiger partial charge in [0.2, 0.25) is 5.91 Å². The van der Waals surface area contributed by atoms with E-state index in [1.54, 1.807) is 83.9 Å². The molecule has 0 aliphatic carbocycles. The number of nitrogens with zero attached hydrogens (tertiary/aromatic N) is 3. The normalized spacial score (nSPS) is 18.3. The van der Waals surface area contributed by atoms with Gasteiger partial charge in [0.15, 0.2) is 0 Å². The van der Waals surface area contributed by atoms with E-state index in [0.29, 0.717) is 49.4 Å². The molecular weight excluding hydrogens is 484 g/mol. The van der Waals surface area contributed by atoms with Gasteiger partial charge in [-0.25, -0.2) is 0 Å². The molecule has 0 unspecified atom stereocenters. The van der Waals surface area contributed by atoms with Gasteiger partial charge in [-0.1, -0.05) is 30.3 Å². The third-order valence-electron chi connectivity index (χ3n) is 7.14. The smallest absolute Gasteiger partial charge is 0.256 e. The lowest BCUT2D eigenvalue weighted by Crippen LogP contribution is -2.59. The third-order valence-corrected chi connectivity index (χ3v) is 7.14. The standard InChI is InChI=1S/C29H30N4O5/c1-37-24-11-5-10-23(17-24)27(35)32-15-12-29(13-16-32)33(28(36)22-8-3-2-4-9-22)25(20-38-29)26(34)31-19-21-7-6-14-30-18-21/h2-11,14,17-18,25H,12-13,15-16,19-20H2,1H3,(H,31,34)/t25-/m1/s1. The Labute approximate surface area is 221 Å². The average Bonchev–Trinajstić information content (AvgIpc) is 3.35. The highest BCUT2D eigenvalue weighted by Gasteiger charge is 2.54. The molecule has 9 nitrogen and oxygen atoms in total. The second-order valence-corrected chi connectivity index (χ2v) is 9.42. The second-order valence-electron chi connectivity index (χ2n) is 9.42. The third kappa shape index (κ3) is 5.10. The van der Waals surface area contributed by atoms with Crippen molar-refractivity contribution in [1.82, 2.24) is 20.1 Å². The second kappa shape index (κ2) is 11.0. The van der Waals surface area contributed by atoms with Gasteiger partial charge in [-0.15, -0.1) is 0 Å². The number of nitrogens with one attached hydrogen (secondary N) is 1. The quantitative estimate of drug-likeness (QED) is 0.543. The first-order valence-electron chi connectivity index (χ1n) is 12.6. The van der Waals surface area contributed by atoms with Crippen molar-refractivity contribution < 1.29 is 23.9 Å². The molecule has 0 radical (unpaired) electrons. The lowest BCUT2D eigenvalue weighted by molar-refractivity contribution is -0.128. The minimum absolute atomic E-state index is 0.0846. The number of likely N-dealkylation sites (tertiary alicyclic amines) is 1. The van der Waals surface area contributed by atoms with E-state index in [2.05, 4.69) is 10.3 Å². The van der Waals surface area contributed by atoms with E-state index in [1.165, 1.54) is 0 Å². The number of ether oxygens (including phenoxy) is 2. The van der Waals surface area contributed by atoms with Crippen LogP contribution >= 0.6 is 0 Å². The lowest BCUT2D eigenvalue weighted by atomic mass is 9.96. The van der Waals surface area contributed by atoms with Crippen molar-refractivity contribution in [2.45, 2.75) is 31.2 Å². The molecule has 0 saturated carbocycles. The maximum atomic E-state index is 13.8. The number of benzene rings is 2. The SMILES string of the molecule is COc1cccc(C(=O)N2CCC3(CC2)OC[C@H](C(=O)NCc2cccnc2)N3C(=O)c2ccccc2)c1. The molecule has 1 spiro atoms. The number of aromatic nitrogens is 1. The van der Waals surface area contributed by atoms with Crippen molar-refractivity contribution in [3.8, 4) is 5.75 Å². The molecule has 9 heteroatoms. The number of pyridine rings is 1. The van der Waals surface area contributed by atoms with Crippen LogP contribution in [0, 0.1) is 0 Å². The van der Waals surface area contributed by atoms with E-state index in [1.807, 2.05) is 12.1 Å². The molecule has 1 aromatic heterocycles. The Morgan fingerprint density at radius 3 is 2.47 bits per heavy atom. The molecule has 3 amide bonds. The highest BCUT2D eigenvalue weighted by atomic mass is 16.5. The van der Waals surface area contributed by atoms with E-state index >= 15 is 0 Å². The molecule has 1 N–H and O–H groups in total. The zero-order valence-electron chi connectivity index (χ0n) is 21.2. The maximum absolute atomic E-state index is 13.8. The molecule has 2 aromatic carbocycles. The number of carbonyl (C=O) groups excluding carboxylic acids is 3. The van der Waals surface area contributed by atoms with Crippen LogP contribution in [0.1, 0.15) is 39.1 Å². The minimum Gasteiger partial charge on any atom is -0.497 e. The van der Waals surface area contributed by atoms with Crippen LogP contribution in [0.3, 0.4) is 0 Å². The van der Waals surface area contributed by atoms with Gasteiger partial charge in [-0.2, -0.15) is 0 Å². The fourth-order valence-electron chi connectivity index (χ4n) is 5.09. The number of hydrogen-bond acceptors (Lipinski definition) is 6. The van der Waals surface area contributed by atoms with Crippen LogP contribution < -0.4 is 10.1 Å². The zero-order valence-corrected chi connectivity index (χ0v) is 21.2. The van der Waals surface area contributed by atoms with E-state index < -0.39 is 11.8 Å². The summed E-state index contributed by atoms with van der Waals surface area (Å²) in [6.45, 7) is 1.16. The van der Waals surface area contributed by atoms with Crippen molar-refractivity contribution in [3.05, 3.63) is 95.8 Å².